The number of hydrogen-bond acceptors (Lipinski definition) is 4. The van der Waals surface area contributed by atoms with Gasteiger partial charge in [0.15, 0.2) is 11.5 Å². The topological polar surface area (TPSA) is 44.8 Å². The molecule has 164 valence electrons. The van der Waals surface area contributed by atoms with Crippen LogP contribution in [0.2, 0.25) is 15.1 Å². The summed E-state index contributed by atoms with van der Waals surface area (Å²) in [6.45, 7) is 0.372. The van der Waals surface area contributed by atoms with Crippen molar-refractivity contribution in [1.82, 2.24) is 0 Å². The molecule has 2 unspecified atom stereocenters. The van der Waals surface area contributed by atoms with E-state index in [1.165, 1.54) is 0 Å². The average molecular weight is 510 g/mol. The summed E-state index contributed by atoms with van der Waals surface area (Å²) in [5.41, 5.74) is 3.46. The van der Waals surface area contributed by atoms with Crippen molar-refractivity contribution in [2.45, 2.75) is 18.9 Å². The van der Waals surface area contributed by atoms with Crippen LogP contribution >= 0.6 is 46.4 Å². The minimum atomic E-state index is -0.446. The van der Waals surface area contributed by atoms with E-state index < -0.39 is 11.2 Å². The average Bonchev–Trinajstić information content (AvgIpc) is 3.36. The summed E-state index contributed by atoms with van der Waals surface area (Å²) in [5.74, 6) is 1.11. The molecule has 2 aliphatic rings. The van der Waals surface area contributed by atoms with E-state index in [9.17, 15) is 4.79 Å². The number of hydrogen-bond donors (Lipinski definition) is 0. The van der Waals surface area contributed by atoms with Crippen LogP contribution in [0.1, 0.15) is 28.2 Å². The van der Waals surface area contributed by atoms with Gasteiger partial charge >= 0.3 is 0 Å². The van der Waals surface area contributed by atoms with Crippen molar-refractivity contribution in [3.63, 3.8) is 0 Å². The maximum atomic E-state index is 12.3. The standard InChI is InChI=1S/C24H16Cl4O4/c25-18-2-1-3-19(26)17(18)10-30-13-4-5-14-12(6-13)7-16(24(28)29)23(14)15-8-21-22(9-20(15)27)32-11-31-21/h1-6,8-9,16,23H,7,10-11H2. The van der Waals surface area contributed by atoms with Gasteiger partial charge in [-0.1, -0.05) is 46.9 Å². The summed E-state index contributed by atoms with van der Waals surface area (Å²) in [4.78, 5) is 12.3. The van der Waals surface area contributed by atoms with Crippen LogP contribution in [-0.2, 0) is 17.8 Å². The fourth-order valence-corrected chi connectivity index (χ4v) is 5.30. The molecule has 1 aliphatic heterocycles. The van der Waals surface area contributed by atoms with Crippen molar-refractivity contribution in [3.8, 4) is 17.2 Å². The van der Waals surface area contributed by atoms with Crippen LogP contribution < -0.4 is 14.2 Å². The number of carbonyl (C=O) groups is 1. The van der Waals surface area contributed by atoms with Crippen LogP contribution in [0.25, 0.3) is 0 Å². The summed E-state index contributed by atoms with van der Waals surface area (Å²) in [6.07, 6.45) is 0.483. The predicted octanol–water partition coefficient (Wildman–Crippen LogP) is 7.02. The van der Waals surface area contributed by atoms with E-state index >= 15 is 0 Å². The summed E-state index contributed by atoms with van der Waals surface area (Å²) in [7, 11) is 0. The van der Waals surface area contributed by atoms with Gasteiger partial charge in [0, 0.05) is 38.5 Å². The molecule has 8 heteroatoms. The minimum absolute atomic E-state index is 0.143. The van der Waals surface area contributed by atoms with Gasteiger partial charge in [-0.3, -0.25) is 4.79 Å². The molecule has 1 heterocycles. The molecule has 1 aliphatic carbocycles. The normalized spacial score (nSPS) is 18.5. The van der Waals surface area contributed by atoms with Crippen molar-refractivity contribution in [2.75, 3.05) is 6.79 Å². The van der Waals surface area contributed by atoms with E-state index in [1.54, 1.807) is 24.3 Å². The molecule has 0 radical (unpaired) electrons. The zero-order chi connectivity index (χ0) is 22.4. The molecule has 2 atom stereocenters. The molecule has 0 aromatic heterocycles. The molecule has 0 fully saturated rings. The van der Waals surface area contributed by atoms with Crippen molar-refractivity contribution < 1.29 is 19.0 Å². The predicted molar refractivity (Wildman–Crippen MR) is 125 cm³/mol. The highest BCUT2D eigenvalue weighted by molar-refractivity contribution is 6.64. The first-order valence-corrected chi connectivity index (χ1v) is 11.4. The van der Waals surface area contributed by atoms with E-state index in [0.29, 0.717) is 38.7 Å². The Morgan fingerprint density at radius 3 is 2.38 bits per heavy atom. The molecule has 0 spiro atoms. The van der Waals surface area contributed by atoms with E-state index in [4.69, 9.17) is 60.6 Å². The zero-order valence-electron chi connectivity index (χ0n) is 16.5. The number of fused-ring (bicyclic) bond motifs is 2. The Morgan fingerprint density at radius 2 is 1.66 bits per heavy atom. The highest BCUT2D eigenvalue weighted by Gasteiger charge is 2.39. The SMILES string of the molecule is O=C(Cl)C1Cc2cc(OCc3c(Cl)cccc3Cl)ccc2C1c1cc2c(cc1Cl)OCO2. The molecule has 3 aromatic carbocycles. The highest BCUT2D eigenvalue weighted by Crippen LogP contribution is 2.49. The molecule has 4 nitrogen and oxygen atoms in total. The Bertz CT molecular complexity index is 1210. The first-order chi connectivity index (χ1) is 15.4. The van der Waals surface area contributed by atoms with Gasteiger partial charge in [-0.25, -0.2) is 0 Å². The van der Waals surface area contributed by atoms with Gasteiger partial charge in [-0.2, -0.15) is 0 Å². The molecular formula is C24H16Cl4O4. The Kier molecular flexibility index (Phi) is 5.89. The Balaban J connectivity index is 1.46. The summed E-state index contributed by atoms with van der Waals surface area (Å²) < 4.78 is 16.9. The lowest BCUT2D eigenvalue weighted by Crippen LogP contribution is -2.16. The maximum absolute atomic E-state index is 12.3. The molecular weight excluding hydrogens is 494 g/mol. The monoisotopic (exact) mass is 508 g/mol. The third kappa shape index (κ3) is 3.90. The van der Waals surface area contributed by atoms with E-state index in [0.717, 1.165) is 22.3 Å². The second-order valence-electron chi connectivity index (χ2n) is 7.67. The van der Waals surface area contributed by atoms with Gasteiger partial charge in [0.1, 0.15) is 12.4 Å². The van der Waals surface area contributed by atoms with Crippen LogP contribution in [0.4, 0.5) is 0 Å². The van der Waals surface area contributed by atoms with Gasteiger partial charge < -0.3 is 14.2 Å². The summed E-state index contributed by atoms with van der Waals surface area (Å²) >= 11 is 25.0. The van der Waals surface area contributed by atoms with E-state index in [-0.39, 0.29) is 19.3 Å². The molecule has 5 rings (SSSR count). The number of benzene rings is 3. The number of halogens is 4. The lowest BCUT2D eigenvalue weighted by atomic mass is 9.86. The quantitative estimate of drug-likeness (QED) is 0.346. The van der Waals surface area contributed by atoms with E-state index in [1.807, 2.05) is 24.3 Å². The Morgan fingerprint density at radius 1 is 0.938 bits per heavy atom. The molecule has 0 amide bonds. The Labute approximate surface area is 204 Å². The van der Waals surface area contributed by atoms with Crippen LogP contribution in [-0.4, -0.2) is 12.0 Å². The molecule has 32 heavy (non-hydrogen) atoms. The van der Waals surface area contributed by atoms with Crippen LogP contribution in [0.15, 0.2) is 48.5 Å². The van der Waals surface area contributed by atoms with Crippen LogP contribution in [0.5, 0.6) is 17.2 Å². The van der Waals surface area contributed by atoms with E-state index in [2.05, 4.69) is 0 Å². The minimum Gasteiger partial charge on any atom is -0.489 e. The van der Waals surface area contributed by atoms with Crippen LogP contribution in [0, 0.1) is 5.92 Å². The van der Waals surface area contributed by atoms with Crippen molar-refractivity contribution in [1.29, 1.82) is 0 Å². The van der Waals surface area contributed by atoms with Gasteiger partial charge in [0.05, 0.1) is 0 Å². The number of rotatable bonds is 5. The summed E-state index contributed by atoms with van der Waals surface area (Å²) in [5, 5.41) is 1.18. The van der Waals surface area contributed by atoms with Gasteiger partial charge in [-0.05, 0) is 65.0 Å². The zero-order valence-corrected chi connectivity index (χ0v) is 19.6. The highest BCUT2D eigenvalue weighted by atomic mass is 35.5. The molecule has 0 N–H and O–H groups in total. The first kappa shape index (κ1) is 21.7. The van der Waals surface area contributed by atoms with Crippen molar-refractivity contribution in [3.05, 3.63) is 85.9 Å². The molecule has 0 saturated carbocycles. The molecule has 3 aromatic rings. The maximum Gasteiger partial charge on any atom is 0.231 e. The lowest BCUT2D eigenvalue weighted by molar-refractivity contribution is -0.115. The van der Waals surface area contributed by atoms with Crippen molar-refractivity contribution in [2.24, 2.45) is 5.92 Å². The fraction of sp³-hybridized carbons (Fsp3) is 0.208. The number of ether oxygens (including phenoxy) is 3. The van der Waals surface area contributed by atoms with Gasteiger partial charge in [0.25, 0.3) is 0 Å². The fourth-order valence-electron chi connectivity index (χ4n) is 4.32. The second-order valence-corrected chi connectivity index (χ2v) is 9.26. The van der Waals surface area contributed by atoms with Crippen LogP contribution in [0.3, 0.4) is 0 Å². The third-order valence-electron chi connectivity index (χ3n) is 5.86. The third-order valence-corrected chi connectivity index (χ3v) is 7.17. The Hall–Kier alpha value is -2.11. The molecule has 0 bridgehead atoms. The van der Waals surface area contributed by atoms with Crippen molar-refractivity contribution >= 4 is 51.6 Å². The smallest absolute Gasteiger partial charge is 0.231 e. The number of carbonyl (C=O) groups excluding carboxylic acids is 1. The lowest BCUT2D eigenvalue weighted by Gasteiger charge is -2.20. The second kappa shape index (κ2) is 8.68. The summed E-state index contributed by atoms with van der Waals surface area (Å²) in [6, 6.07) is 14.6. The first-order valence-electron chi connectivity index (χ1n) is 9.89. The molecule has 0 saturated heterocycles. The largest absolute Gasteiger partial charge is 0.489 e. The van der Waals surface area contributed by atoms with Gasteiger partial charge in [-0.15, -0.1) is 0 Å². The van der Waals surface area contributed by atoms with Gasteiger partial charge in [0.2, 0.25) is 12.0 Å².